The minimum Gasteiger partial charge on any atom is -0.466 e. The first-order valence-electron chi connectivity index (χ1n) is 9.20. The third-order valence-electron chi connectivity index (χ3n) is 2.88. The van der Waals surface area contributed by atoms with Gasteiger partial charge >= 0.3 is 11.9 Å². The normalized spacial score (nSPS) is 9.52. The van der Waals surface area contributed by atoms with E-state index in [-0.39, 0.29) is 18.8 Å². The van der Waals surface area contributed by atoms with Gasteiger partial charge in [0.15, 0.2) is 6.29 Å². The van der Waals surface area contributed by atoms with Gasteiger partial charge in [-0.2, -0.15) is 0 Å². The number of aryl methyl sites for hydroxylation is 2. The smallest absolute Gasteiger partial charge is 0.340 e. The third kappa shape index (κ3) is 14.0. The zero-order valence-corrected chi connectivity index (χ0v) is 20.0. The Morgan fingerprint density at radius 3 is 2.00 bits per heavy atom. The van der Waals surface area contributed by atoms with Gasteiger partial charge in [0, 0.05) is 20.6 Å². The van der Waals surface area contributed by atoms with E-state index < -0.39 is 11.9 Å². The monoisotopic (exact) mass is 494 g/mol. The molecular weight excluding hydrogens is 472 g/mol. The van der Waals surface area contributed by atoms with Crippen molar-refractivity contribution in [2.75, 3.05) is 19.8 Å². The fourth-order valence-electron chi connectivity index (χ4n) is 1.70. The molecule has 2 rings (SSSR count). The highest BCUT2D eigenvalue weighted by Gasteiger charge is 2.09. The average molecular weight is 495 g/mol. The lowest BCUT2D eigenvalue weighted by molar-refractivity contribution is -0.141. The number of hydrogen-bond acceptors (Lipinski definition) is 11. The van der Waals surface area contributed by atoms with E-state index in [0.717, 1.165) is 16.3 Å². The van der Waals surface area contributed by atoms with E-state index in [9.17, 15) is 14.4 Å². The van der Waals surface area contributed by atoms with Crippen LogP contribution in [0.5, 0.6) is 0 Å². The van der Waals surface area contributed by atoms with Crippen LogP contribution in [0.15, 0.2) is 26.7 Å². The van der Waals surface area contributed by atoms with Crippen molar-refractivity contribution in [3.8, 4) is 0 Å². The number of hydrogen-bond donors (Lipinski definition) is 0. The van der Waals surface area contributed by atoms with Gasteiger partial charge in [0.1, 0.15) is 17.9 Å². The van der Waals surface area contributed by atoms with Crippen LogP contribution in [-0.2, 0) is 19.1 Å². The second-order valence-electron chi connectivity index (χ2n) is 5.33. The summed E-state index contributed by atoms with van der Waals surface area (Å²) in [5.41, 5.74) is 17.1. The zero-order chi connectivity index (χ0) is 25.1. The van der Waals surface area contributed by atoms with E-state index in [2.05, 4.69) is 34.8 Å². The number of ether oxygens (including phenoxy) is 2. The van der Waals surface area contributed by atoms with Crippen molar-refractivity contribution < 1.29 is 23.9 Å². The first-order chi connectivity index (χ1) is 15.8. The fraction of sp³-hybridized carbons (Fsp3) is 0.389. The summed E-state index contributed by atoms with van der Waals surface area (Å²) in [5.74, 6) is -1.14. The Morgan fingerprint density at radius 2 is 1.61 bits per heavy atom. The Labute approximate surface area is 197 Å². The lowest BCUT2D eigenvalue weighted by Gasteiger charge is -1.99. The van der Waals surface area contributed by atoms with Crippen molar-refractivity contribution in [3.05, 3.63) is 58.7 Å². The average Bonchev–Trinajstić information content (AvgIpc) is 3.40. The predicted molar refractivity (Wildman–Crippen MR) is 123 cm³/mol. The summed E-state index contributed by atoms with van der Waals surface area (Å²) in [6, 6.07) is 0. The molecule has 0 N–H and O–H groups in total. The molecule has 0 bridgehead atoms. The molecule has 15 heteroatoms. The van der Waals surface area contributed by atoms with Crippen LogP contribution in [0.1, 0.15) is 40.0 Å². The topological polar surface area (TPSA) is 193 Å². The van der Waals surface area contributed by atoms with Crippen LogP contribution in [0.25, 0.3) is 27.0 Å². The minimum atomic E-state index is -0.647. The van der Waals surface area contributed by atoms with Gasteiger partial charge in [-0.3, -0.25) is 9.59 Å². The lowest BCUT2D eigenvalue weighted by atomic mass is 10.3. The minimum absolute atomic E-state index is 0.0883. The summed E-state index contributed by atoms with van der Waals surface area (Å²) in [5, 5.41) is 11.6. The number of thiazole rings is 2. The Morgan fingerprint density at radius 1 is 1.03 bits per heavy atom. The van der Waals surface area contributed by atoms with Crippen molar-refractivity contribution in [1.29, 1.82) is 0 Å². The maximum Gasteiger partial charge on any atom is 0.340 e. The first kappa shape index (κ1) is 29.2. The molecule has 33 heavy (non-hydrogen) atoms. The molecule has 2 heterocycles. The maximum atomic E-state index is 11.4. The molecule has 0 saturated heterocycles. The van der Waals surface area contributed by atoms with Gasteiger partial charge in [-0.1, -0.05) is 10.2 Å². The van der Waals surface area contributed by atoms with Crippen LogP contribution in [0.4, 0.5) is 0 Å². The zero-order valence-electron chi connectivity index (χ0n) is 18.4. The Balaban J connectivity index is 0.000000510. The summed E-state index contributed by atoms with van der Waals surface area (Å²) in [4.78, 5) is 44.6. The van der Waals surface area contributed by atoms with Gasteiger partial charge in [-0.15, -0.1) is 22.7 Å². The number of carbonyl (C=O) groups is 3. The molecule has 2 aromatic rings. The molecule has 0 aliphatic rings. The molecule has 0 aliphatic heterocycles. The van der Waals surface area contributed by atoms with Crippen molar-refractivity contribution >= 4 is 47.0 Å². The van der Waals surface area contributed by atoms with E-state index in [4.69, 9.17) is 15.8 Å². The number of aldehydes is 1. The van der Waals surface area contributed by atoms with E-state index >= 15 is 0 Å². The van der Waals surface area contributed by atoms with E-state index in [1.165, 1.54) is 28.7 Å². The van der Waals surface area contributed by atoms with Crippen molar-refractivity contribution in [2.24, 2.45) is 10.2 Å². The van der Waals surface area contributed by atoms with Gasteiger partial charge in [-0.25, -0.2) is 14.8 Å². The Bertz CT molecular complexity index is 1040. The summed E-state index contributed by atoms with van der Waals surface area (Å²) >= 11 is 2.93. The maximum absolute atomic E-state index is 11.4. The van der Waals surface area contributed by atoms with Crippen LogP contribution in [0.3, 0.4) is 0 Å². The van der Waals surface area contributed by atoms with E-state index in [1.54, 1.807) is 24.6 Å². The number of rotatable bonds is 8. The molecule has 0 aromatic carbocycles. The van der Waals surface area contributed by atoms with Crippen LogP contribution >= 0.6 is 22.7 Å². The Kier molecular flexibility index (Phi) is 15.8. The molecule has 0 spiro atoms. The highest BCUT2D eigenvalue weighted by molar-refractivity contribution is 7.09. The van der Waals surface area contributed by atoms with Gasteiger partial charge < -0.3 is 9.47 Å². The number of carbonyl (C=O) groups excluding carboxylic acids is 3. The van der Waals surface area contributed by atoms with Gasteiger partial charge in [0.25, 0.3) is 0 Å². The molecule has 0 fully saturated rings. The standard InChI is InChI=1S/C9H10N4O2S.C5H5NOS.C4H7N3O2/c1-3-15-9(14)8(12-13-10)4-7-5-16-6(2)11-7;1-4-6-5(2-7)3-8-4;1-2-9-4(8)3-6-7-5/h4-5H,3H2,1-2H3;2-3H,1H3;2-3H2,1H3/b8-4-;;. The number of nitrogens with zero attached hydrogens (tertiary/aromatic N) is 8. The summed E-state index contributed by atoms with van der Waals surface area (Å²) < 4.78 is 9.18. The highest BCUT2D eigenvalue weighted by atomic mass is 32.1. The molecule has 0 radical (unpaired) electrons. The van der Waals surface area contributed by atoms with Crippen LogP contribution in [0, 0.1) is 13.8 Å². The Hall–Kier alpha value is -3.77. The largest absolute Gasteiger partial charge is 0.466 e. The lowest BCUT2D eigenvalue weighted by Crippen LogP contribution is -2.06. The second-order valence-corrected chi connectivity index (χ2v) is 7.46. The van der Waals surface area contributed by atoms with E-state index in [0.29, 0.717) is 18.0 Å². The summed E-state index contributed by atoms with van der Waals surface area (Å²) in [6.07, 6.45) is 2.16. The predicted octanol–water partition coefficient (Wildman–Crippen LogP) is 4.79. The highest BCUT2D eigenvalue weighted by Crippen LogP contribution is 2.13. The molecule has 0 saturated carbocycles. The quantitative estimate of drug-likeness (QED) is 0.126. The fourth-order valence-corrected chi connectivity index (χ4v) is 2.83. The SMILES string of the molecule is CCOC(=O)/C(=C/c1csc(C)n1)N=[N+]=[N-].CCOC(=O)CN=[N+]=[N-].Cc1nc(C=O)cs1. The van der Waals surface area contributed by atoms with Crippen molar-refractivity contribution in [3.63, 3.8) is 0 Å². The van der Waals surface area contributed by atoms with Crippen LogP contribution in [-0.4, -0.2) is 48.0 Å². The van der Waals surface area contributed by atoms with Crippen molar-refractivity contribution in [1.82, 2.24) is 9.97 Å². The van der Waals surface area contributed by atoms with Crippen LogP contribution in [0.2, 0.25) is 0 Å². The summed E-state index contributed by atoms with van der Waals surface area (Å²) in [7, 11) is 0. The molecular formula is C18H22N8O5S2. The third-order valence-corrected chi connectivity index (χ3v) is 4.47. The summed E-state index contributed by atoms with van der Waals surface area (Å²) in [6.45, 7) is 7.42. The van der Waals surface area contributed by atoms with Gasteiger partial charge in [-0.05, 0) is 44.8 Å². The molecule has 0 atom stereocenters. The molecule has 0 amide bonds. The number of azide groups is 2. The van der Waals surface area contributed by atoms with Crippen molar-refractivity contribution in [2.45, 2.75) is 27.7 Å². The van der Waals surface area contributed by atoms with Gasteiger partial charge in [0.2, 0.25) is 0 Å². The molecule has 0 unspecified atom stereocenters. The molecule has 2 aromatic heterocycles. The van der Waals surface area contributed by atoms with Gasteiger partial charge in [0.05, 0.1) is 28.9 Å². The number of esters is 2. The second kappa shape index (κ2) is 17.9. The number of aromatic nitrogens is 2. The molecule has 13 nitrogen and oxygen atoms in total. The first-order valence-corrected chi connectivity index (χ1v) is 11.0. The van der Waals surface area contributed by atoms with E-state index in [1.807, 2.05) is 13.8 Å². The molecule has 176 valence electrons. The van der Waals surface area contributed by atoms with Crippen LogP contribution < -0.4 is 0 Å². The molecule has 0 aliphatic carbocycles.